The van der Waals surface area contributed by atoms with Gasteiger partial charge in [-0.05, 0) is 42.8 Å². The quantitative estimate of drug-likeness (QED) is 0.717. The number of hydrogen-bond donors (Lipinski definition) is 2. The van der Waals surface area contributed by atoms with Crippen molar-refractivity contribution in [1.29, 1.82) is 0 Å². The molecule has 0 amide bonds. The third kappa shape index (κ3) is 4.37. The Kier molecular flexibility index (Phi) is 6.06. The minimum absolute atomic E-state index is 0.0275. The minimum atomic E-state index is -0.636. The summed E-state index contributed by atoms with van der Waals surface area (Å²) in [6.45, 7) is 1.88. The van der Waals surface area contributed by atoms with Gasteiger partial charge in [-0.1, -0.05) is 30.0 Å². The Hall–Kier alpha value is -3.19. The standard InChI is InChI=1S/C21H19NO5S/c1-3-27-21(25)18-19(24)17(11-13-7-9-15(23)10-8-13)28-20(18)22-14-5-4-6-16(12-14)26-2/h4-12,23-24H,3H2,1-2H3. The summed E-state index contributed by atoms with van der Waals surface area (Å²) in [5.41, 5.74) is 1.37. The third-order valence-electron chi connectivity index (χ3n) is 3.85. The number of hydrogen-bond acceptors (Lipinski definition) is 7. The number of carbonyl (C=O) groups is 1. The molecule has 0 aromatic heterocycles. The number of aromatic hydroxyl groups is 1. The number of methoxy groups -OCH3 is 1. The molecular weight excluding hydrogens is 378 g/mol. The van der Waals surface area contributed by atoms with Crippen LogP contribution in [-0.2, 0) is 9.53 Å². The fraction of sp³-hybridized carbons (Fsp3) is 0.143. The van der Waals surface area contributed by atoms with Gasteiger partial charge in [0.25, 0.3) is 0 Å². The predicted octanol–water partition coefficient (Wildman–Crippen LogP) is 4.59. The molecule has 7 heteroatoms. The highest BCUT2D eigenvalue weighted by Crippen LogP contribution is 2.40. The molecule has 2 N–H and O–H groups in total. The fourth-order valence-corrected chi connectivity index (χ4v) is 3.55. The number of phenolic OH excluding ortho intramolecular Hbond substituents is 1. The Morgan fingerprint density at radius 2 is 1.93 bits per heavy atom. The molecular formula is C21H19NO5S. The number of nitrogens with zero attached hydrogens (tertiary/aromatic N) is 1. The second kappa shape index (κ2) is 8.67. The van der Waals surface area contributed by atoms with Crippen LogP contribution in [0.15, 0.2) is 69.8 Å². The SMILES string of the molecule is CCOC(=O)C1=C(O)C(=Cc2ccc(O)cc2)SC1=Nc1cccc(OC)c1. The van der Waals surface area contributed by atoms with Crippen LogP contribution in [0.3, 0.4) is 0 Å². The van der Waals surface area contributed by atoms with E-state index in [1.807, 2.05) is 0 Å². The Labute approximate surface area is 166 Å². The van der Waals surface area contributed by atoms with Gasteiger partial charge in [0.15, 0.2) is 0 Å². The maximum atomic E-state index is 12.4. The first kappa shape index (κ1) is 19.6. The molecule has 2 aromatic rings. The number of aliphatic hydroxyl groups excluding tert-OH is 1. The summed E-state index contributed by atoms with van der Waals surface area (Å²) >= 11 is 1.17. The maximum absolute atomic E-state index is 12.4. The number of ether oxygens (including phenoxy) is 2. The number of carbonyl (C=O) groups excluding carboxylic acids is 1. The number of thioether (sulfide) groups is 1. The van der Waals surface area contributed by atoms with Gasteiger partial charge in [-0.15, -0.1) is 0 Å². The summed E-state index contributed by atoms with van der Waals surface area (Å²) in [6.07, 6.45) is 1.72. The molecule has 0 unspecified atom stereocenters. The average molecular weight is 397 g/mol. The largest absolute Gasteiger partial charge is 0.508 e. The molecule has 2 aromatic carbocycles. The monoisotopic (exact) mass is 397 g/mol. The zero-order valence-corrected chi connectivity index (χ0v) is 16.2. The van der Waals surface area contributed by atoms with Crippen molar-refractivity contribution in [3.63, 3.8) is 0 Å². The summed E-state index contributed by atoms with van der Waals surface area (Å²) in [7, 11) is 1.56. The van der Waals surface area contributed by atoms with Crippen LogP contribution in [0.4, 0.5) is 5.69 Å². The van der Waals surface area contributed by atoms with Crippen molar-refractivity contribution in [2.45, 2.75) is 6.92 Å². The number of phenols is 1. The second-order valence-corrected chi connectivity index (χ2v) is 6.80. The van der Waals surface area contributed by atoms with Gasteiger partial charge in [-0.2, -0.15) is 0 Å². The molecule has 0 radical (unpaired) electrons. The molecule has 144 valence electrons. The number of aliphatic imine (C=N–C) groups is 1. The average Bonchev–Trinajstić information content (AvgIpc) is 2.99. The van der Waals surface area contributed by atoms with Gasteiger partial charge in [0.1, 0.15) is 27.9 Å². The molecule has 0 saturated carbocycles. The van der Waals surface area contributed by atoms with Crippen molar-refractivity contribution in [2.24, 2.45) is 4.99 Å². The first-order valence-electron chi connectivity index (χ1n) is 8.54. The van der Waals surface area contributed by atoms with Gasteiger partial charge in [0, 0.05) is 6.07 Å². The zero-order chi connectivity index (χ0) is 20.1. The lowest BCUT2D eigenvalue weighted by Gasteiger charge is -2.04. The highest BCUT2D eigenvalue weighted by molar-refractivity contribution is 8.18. The van der Waals surface area contributed by atoms with E-state index in [9.17, 15) is 15.0 Å². The molecule has 0 atom stereocenters. The number of esters is 1. The Morgan fingerprint density at radius 3 is 2.61 bits per heavy atom. The van der Waals surface area contributed by atoms with Crippen molar-refractivity contribution in [1.82, 2.24) is 0 Å². The lowest BCUT2D eigenvalue weighted by atomic mass is 10.1. The first-order chi connectivity index (χ1) is 13.5. The van der Waals surface area contributed by atoms with Gasteiger partial charge >= 0.3 is 5.97 Å². The van der Waals surface area contributed by atoms with Crippen LogP contribution in [0, 0.1) is 0 Å². The van der Waals surface area contributed by atoms with Gasteiger partial charge in [0.05, 0.1) is 24.3 Å². The van der Waals surface area contributed by atoms with Crippen LogP contribution >= 0.6 is 11.8 Å². The Balaban J connectivity index is 2.03. The van der Waals surface area contributed by atoms with E-state index in [0.29, 0.717) is 21.4 Å². The van der Waals surface area contributed by atoms with E-state index in [1.165, 1.54) is 11.8 Å². The summed E-state index contributed by atoms with van der Waals surface area (Å²) in [4.78, 5) is 17.4. The summed E-state index contributed by atoms with van der Waals surface area (Å²) in [6, 6.07) is 13.6. The van der Waals surface area contributed by atoms with E-state index in [-0.39, 0.29) is 23.7 Å². The zero-order valence-electron chi connectivity index (χ0n) is 15.4. The molecule has 28 heavy (non-hydrogen) atoms. The molecule has 1 aliphatic rings. The molecule has 0 saturated heterocycles. The molecule has 3 rings (SSSR count). The molecule has 0 spiro atoms. The van der Waals surface area contributed by atoms with Gasteiger partial charge in [0.2, 0.25) is 0 Å². The van der Waals surface area contributed by atoms with Crippen molar-refractivity contribution in [3.8, 4) is 11.5 Å². The molecule has 0 fully saturated rings. The van der Waals surface area contributed by atoms with E-state index >= 15 is 0 Å². The van der Waals surface area contributed by atoms with Crippen LogP contribution in [0.1, 0.15) is 12.5 Å². The van der Waals surface area contributed by atoms with E-state index in [0.717, 1.165) is 5.56 Å². The highest BCUT2D eigenvalue weighted by Gasteiger charge is 2.33. The van der Waals surface area contributed by atoms with E-state index < -0.39 is 5.97 Å². The summed E-state index contributed by atoms with van der Waals surface area (Å²) in [5, 5.41) is 20.4. The van der Waals surface area contributed by atoms with Crippen molar-refractivity contribution >= 4 is 34.5 Å². The summed E-state index contributed by atoms with van der Waals surface area (Å²) < 4.78 is 10.3. The lowest BCUT2D eigenvalue weighted by Crippen LogP contribution is -2.12. The van der Waals surface area contributed by atoms with Crippen LogP contribution < -0.4 is 4.74 Å². The second-order valence-electron chi connectivity index (χ2n) is 5.76. The molecule has 1 heterocycles. The predicted molar refractivity (Wildman–Crippen MR) is 110 cm³/mol. The summed E-state index contributed by atoms with van der Waals surface area (Å²) in [5.74, 6) is -0.0366. The van der Waals surface area contributed by atoms with Crippen LogP contribution in [0.5, 0.6) is 11.5 Å². The van der Waals surface area contributed by atoms with Crippen LogP contribution in [0.25, 0.3) is 6.08 Å². The molecule has 6 nitrogen and oxygen atoms in total. The smallest absolute Gasteiger partial charge is 0.344 e. The van der Waals surface area contributed by atoms with Gasteiger partial charge < -0.3 is 19.7 Å². The van der Waals surface area contributed by atoms with Gasteiger partial charge in [-0.3, -0.25) is 0 Å². The van der Waals surface area contributed by atoms with E-state index in [1.54, 1.807) is 68.6 Å². The topological polar surface area (TPSA) is 88.4 Å². The third-order valence-corrected chi connectivity index (χ3v) is 4.86. The first-order valence-corrected chi connectivity index (χ1v) is 9.36. The lowest BCUT2D eigenvalue weighted by molar-refractivity contribution is -0.138. The normalized spacial score (nSPS) is 16.6. The minimum Gasteiger partial charge on any atom is -0.508 e. The van der Waals surface area contributed by atoms with Crippen LogP contribution in [-0.4, -0.2) is 34.9 Å². The molecule has 0 bridgehead atoms. The van der Waals surface area contributed by atoms with E-state index in [2.05, 4.69) is 4.99 Å². The molecule has 0 aliphatic carbocycles. The number of rotatable bonds is 5. The fourth-order valence-electron chi connectivity index (χ4n) is 2.51. The number of benzene rings is 2. The molecule has 1 aliphatic heterocycles. The van der Waals surface area contributed by atoms with Crippen molar-refractivity contribution in [2.75, 3.05) is 13.7 Å². The Bertz CT molecular complexity index is 977. The Morgan fingerprint density at radius 1 is 1.18 bits per heavy atom. The highest BCUT2D eigenvalue weighted by atomic mass is 32.2. The van der Waals surface area contributed by atoms with Crippen LogP contribution in [0.2, 0.25) is 0 Å². The van der Waals surface area contributed by atoms with Crippen molar-refractivity contribution < 1.29 is 24.5 Å². The van der Waals surface area contributed by atoms with Crippen molar-refractivity contribution in [3.05, 3.63) is 70.3 Å². The van der Waals surface area contributed by atoms with Gasteiger partial charge in [-0.25, -0.2) is 9.79 Å². The number of aliphatic hydroxyl groups is 1. The van der Waals surface area contributed by atoms with E-state index in [4.69, 9.17) is 9.47 Å². The maximum Gasteiger partial charge on any atom is 0.344 e.